The fraction of sp³-hybridized carbons (Fsp3) is 0. The van der Waals surface area contributed by atoms with Gasteiger partial charge in [0.25, 0.3) is 0 Å². The van der Waals surface area contributed by atoms with E-state index in [4.69, 9.17) is 0 Å². The Hall–Kier alpha value is -1.64. The minimum atomic E-state index is 1.05. The molecule has 0 radical (unpaired) electrons. The van der Waals surface area contributed by atoms with Gasteiger partial charge >= 0.3 is 0 Å². The Balaban J connectivity index is 2.49. The summed E-state index contributed by atoms with van der Waals surface area (Å²) in [5, 5.41) is 2.42. The molecular formula is C20H14Br2. The third kappa shape index (κ3) is 2.47. The van der Waals surface area contributed by atoms with E-state index in [0.717, 1.165) is 25.6 Å². The van der Waals surface area contributed by atoms with E-state index in [1.807, 2.05) is 12.2 Å². The van der Waals surface area contributed by atoms with Gasteiger partial charge in [0.15, 0.2) is 0 Å². The van der Waals surface area contributed by atoms with Crippen LogP contribution in [0.5, 0.6) is 0 Å². The molecule has 3 aromatic carbocycles. The second kappa shape index (κ2) is 6.23. The maximum absolute atomic E-state index is 3.99. The van der Waals surface area contributed by atoms with Crippen LogP contribution in [-0.2, 0) is 0 Å². The second-order valence-corrected chi connectivity index (χ2v) is 6.69. The molecule has 108 valence electrons. The van der Waals surface area contributed by atoms with Crippen molar-refractivity contribution in [2.24, 2.45) is 0 Å². The van der Waals surface area contributed by atoms with Crippen LogP contribution in [0.25, 0.3) is 34.1 Å². The van der Waals surface area contributed by atoms with Crippen LogP contribution < -0.4 is 0 Å². The summed E-state index contributed by atoms with van der Waals surface area (Å²) in [6.45, 7) is 7.91. The van der Waals surface area contributed by atoms with Crippen molar-refractivity contribution in [1.29, 1.82) is 0 Å². The summed E-state index contributed by atoms with van der Waals surface area (Å²) < 4.78 is 2.11. The number of rotatable bonds is 3. The molecule has 0 amide bonds. The van der Waals surface area contributed by atoms with Crippen LogP contribution in [0.15, 0.2) is 70.6 Å². The Bertz CT molecular complexity index is 892. The molecule has 0 N–H and O–H groups in total. The summed E-state index contributed by atoms with van der Waals surface area (Å²) in [5.74, 6) is 0. The smallest absolute Gasteiger partial charge is 0.0260 e. The maximum Gasteiger partial charge on any atom is 0.0260 e. The predicted octanol–water partition coefficient (Wildman–Crippen LogP) is 7.32. The first-order valence-electron chi connectivity index (χ1n) is 6.92. The van der Waals surface area contributed by atoms with Crippen molar-refractivity contribution < 1.29 is 0 Å². The number of hydrogen-bond acceptors (Lipinski definition) is 0. The average molecular weight is 414 g/mol. The van der Waals surface area contributed by atoms with E-state index in [9.17, 15) is 0 Å². The van der Waals surface area contributed by atoms with Gasteiger partial charge in [-0.1, -0.05) is 93.6 Å². The summed E-state index contributed by atoms with van der Waals surface area (Å²) in [6.07, 6.45) is 3.76. The van der Waals surface area contributed by atoms with Crippen molar-refractivity contribution >= 4 is 54.8 Å². The fourth-order valence-corrected chi connectivity index (χ4v) is 3.85. The lowest BCUT2D eigenvalue weighted by atomic mass is 9.92. The molecule has 0 unspecified atom stereocenters. The fourth-order valence-electron chi connectivity index (χ4n) is 2.76. The highest BCUT2D eigenvalue weighted by molar-refractivity contribution is 9.11. The van der Waals surface area contributed by atoms with Gasteiger partial charge < -0.3 is 0 Å². The monoisotopic (exact) mass is 412 g/mol. The SMILES string of the molecule is C=Cc1ccc(Br)c(-c2c(Br)ccc3ccccc23)c1C=C. The highest BCUT2D eigenvalue weighted by Gasteiger charge is 2.16. The van der Waals surface area contributed by atoms with E-state index < -0.39 is 0 Å². The highest BCUT2D eigenvalue weighted by atomic mass is 79.9. The summed E-state index contributed by atoms with van der Waals surface area (Å²) in [7, 11) is 0. The first-order chi connectivity index (χ1) is 10.7. The van der Waals surface area contributed by atoms with Crippen molar-refractivity contribution in [2.45, 2.75) is 0 Å². The topological polar surface area (TPSA) is 0 Å². The second-order valence-electron chi connectivity index (χ2n) is 4.98. The predicted molar refractivity (Wildman–Crippen MR) is 105 cm³/mol. The van der Waals surface area contributed by atoms with Crippen LogP contribution in [-0.4, -0.2) is 0 Å². The molecule has 0 fully saturated rings. The van der Waals surface area contributed by atoms with E-state index in [-0.39, 0.29) is 0 Å². The molecule has 2 heteroatoms. The van der Waals surface area contributed by atoms with Crippen LogP contribution in [0.1, 0.15) is 11.1 Å². The number of benzene rings is 3. The van der Waals surface area contributed by atoms with Crippen LogP contribution in [0.4, 0.5) is 0 Å². The van der Waals surface area contributed by atoms with Gasteiger partial charge in [0.2, 0.25) is 0 Å². The molecule has 0 saturated heterocycles. The van der Waals surface area contributed by atoms with E-state index in [2.05, 4.69) is 93.5 Å². The lowest BCUT2D eigenvalue weighted by molar-refractivity contribution is 1.54. The zero-order valence-corrected chi connectivity index (χ0v) is 15.1. The molecule has 0 atom stereocenters. The highest BCUT2D eigenvalue weighted by Crippen LogP contribution is 2.42. The van der Waals surface area contributed by atoms with Crippen LogP contribution >= 0.6 is 31.9 Å². The maximum atomic E-state index is 3.99. The number of hydrogen-bond donors (Lipinski definition) is 0. The van der Waals surface area contributed by atoms with Crippen molar-refractivity contribution in [1.82, 2.24) is 0 Å². The molecule has 3 aromatic rings. The molecule has 0 bridgehead atoms. The van der Waals surface area contributed by atoms with E-state index in [1.165, 1.54) is 16.3 Å². The van der Waals surface area contributed by atoms with Crippen molar-refractivity contribution in [3.05, 3.63) is 81.8 Å². The van der Waals surface area contributed by atoms with Crippen molar-refractivity contribution in [3.63, 3.8) is 0 Å². The summed E-state index contributed by atoms with van der Waals surface area (Å²) in [6, 6.07) is 16.7. The summed E-state index contributed by atoms with van der Waals surface area (Å²) >= 11 is 7.42. The van der Waals surface area contributed by atoms with Gasteiger partial charge in [0.05, 0.1) is 0 Å². The molecule has 0 heterocycles. The van der Waals surface area contributed by atoms with Gasteiger partial charge in [-0.2, -0.15) is 0 Å². The van der Waals surface area contributed by atoms with Gasteiger partial charge in [0.1, 0.15) is 0 Å². The molecular weight excluding hydrogens is 400 g/mol. The lowest BCUT2D eigenvalue weighted by Gasteiger charge is -2.16. The zero-order valence-electron chi connectivity index (χ0n) is 11.9. The Morgan fingerprint density at radius 3 is 2.14 bits per heavy atom. The molecule has 0 aliphatic carbocycles. The number of halogens is 2. The third-order valence-corrected chi connectivity index (χ3v) is 5.10. The van der Waals surface area contributed by atoms with Gasteiger partial charge in [-0.25, -0.2) is 0 Å². The molecule has 0 saturated carbocycles. The largest absolute Gasteiger partial charge is 0.0984 e. The molecule has 0 spiro atoms. The van der Waals surface area contributed by atoms with Gasteiger partial charge in [-0.3, -0.25) is 0 Å². The Morgan fingerprint density at radius 2 is 1.41 bits per heavy atom. The molecule has 22 heavy (non-hydrogen) atoms. The molecule has 0 aromatic heterocycles. The first kappa shape index (κ1) is 15.3. The van der Waals surface area contributed by atoms with Gasteiger partial charge in [-0.05, 0) is 34.0 Å². The molecule has 3 rings (SSSR count). The third-order valence-electron chi connectivity index (χ3n) is 3.78. The van der Waals surface area contributed by atoms with Crippen LogP contribution in [0.2, 0.25) is 0 Å². The van der Waals surface area contributed by atoms with Crippen molar-refractivity contribution in [3.8, 4) is 11.1 Å². The van der Waals surface area contributed by atoms with E-state index in [1.54, 1.807) is 0 Å². The molecule has 0 aliphatic rings. The summed E-state index contributed by atoms with van der Waals surface area (Å²) in [4.78, 5) is 0. The zero-order chi connectivity index (χ0) is 15.7. The minimum Gasteiger partial charge on any atom is -0.0984 e. The Labute approximate surface area is 147 Å². The van der Waals surface area contributed by atoms with Crippen molar-refractivity contribution in [2.75, 3.05) is 0 Å². The summed E-state index contributed by atoms with van der Waals surface area (Å²) in [5.41, 5.74) is 4.47. The first-order valence-corrected chi connectivity index (χ1v) is 8.51. The standard InChI is InChI=1S/C20H14Br2/c1-3-13-9-11-17(21)19(15(13)4-2)20-16-8-6-5-7-14(16)10-12-18(20)22/h3-12H,1-2H2. The Kier molecular flexibility index (Phi) is 4.32. The number of fused-ring (bicyclic) bond motifs is 1. The van der Waals surface area contributed by atoms with E-state index in [0.29, 0.717) is 0 Å². The van der Waals surface area contributed by atoms with E-state index >= 15 is 0 Å². The average Bonchev–Trinajstić information content (AvgIpc) is 2.55. The van der Waals surface area contributed by atoms with Gasteiger partial charge in [0, 0.05) is 20.1 Å². The quantitative estimate of drug-likeness (QED) is 0.421. The van der Waals surface area contributed by atoms with Gasteiger partial charge in [-0.15, -0.1) is 0 Å². The molecule has 0 nitrogen and oxygen atoms in total. The molecule has 0 aliphatic heterocycles. The lowest BCUT2D eigenvalue weighted by Crippen LogP contribution is -1.92. The van der Waals surface area contributed by atoms with Crippen LogP contribution in [0, 0.1) is 0 Å². The minimum absolute atomic E-state index is 1.05. The van der Waals surface area contributed by atoms with Crippen LogP contribution in [0.3, 0.4) is 0 Å². The normalized spacial score (nSPS) is 10.6. The Morgan fingerprint density at radius 1 is 0.727 bits per heavy atom.